The number of nitrogens with zero attached hydrogens (tertiary/aromatic N) is 2. The first kappa shape index (κ1) is 9.45. The number of hydrogen-bond donors (Lipinski definition) is 1. The van der Waals surface area contributed by atoms with Crippen LogP contribution in [0.5, 0.6) is 0 Å². The van der Waals surface area contributed by atoms with E-state index in [0.29, 0.717) is 11.1 Å². The van der Waals surface area contributed by atoms with Gasteiger partial charge in [-0.2, -0.15) is 11.8 Å². The fourth-order valence-corrected chi connectivity index (χ4v) is 1.68. The molecule has 0 saturated heterocycles. The quantitative estimate of drug-likeness (QED) is 0.775. The van der Waals surface area contributed by atoms with Crippen LogP contribution in [0.4, 0.5) is 5.82 Å². The lowest BCUT2D eigenvalue weighted by atomic mass is 10.6. The third-order valence-electron chi connectivity index (χ3n) is 1.45. The number of aromatic nitrogens is 2. The van der Waals surface area contributed by atoms with Crippen LogP contribution < -0.4 is 5.73 Å². The van der Waals surface area contributed by atoms with Crippen LogP contribution in [-0.2, 0) is 6.54 Å². The van der Waals surface area contributed by atoms with Gasteiger partial charge in [-0.1, -0.05) is 13.8 Å². The lowest BCUT2D eigenvalue weighted by Gasteiger charge is -2.04. The Hall–Kier alpha value is -0.640. The maximum Gasteiger partial charge on any atom is 0.141 e. The Labute approximate surface area is 77.4 Å². The maximum absolute atomic E-state index is 5.47. The first-order chi connectivity index (χ1) is 5.68. The highest BCUT2D eigenvalue weighted by Crippen LogP contribution is 2.09. The molecule has 0 aliphatic heterocycles. The van der Waals surface area contributed by atoms with Crippen LogP contribution in [0.1, 0.15) is 13.8 Å². The zero-order valence-corrected chi connectivity index (χ0v) is 8.34. The zero-order valence-electron chi connectivity index (χ0n) is 7.53. The SMILES string of the molecule is CC(C)SCCn1cnc(N)c1. The molecule has 0 aliphatic rings. The van der Waals surface area contributed by atoms with Crippen molar-refractivity contribution < 1.29 is 0 Å². The molecule has 0 unspecified atom stereocenters. The largest absolute Gasteiger partial charge is 0.382 e. The Morgan fingerprint density at radius 2 is 2.42 bits per heavy atom. The number of anilines is 1. The summed E-state index contributed by atoms with van der Waals surface area (Å²) >= 11 is 1.95. The molecule has 0 atom stereocenters. The van der Waals surface area contributed by atoms with Crippen molar-refractivity contribution in [3.05, 3.63) is 12.5 Å². The first-order valence-corrected chi connectivity index (χ1v) is 5.12. The van der Waals surface area contributed by atoms with E-state index in [1.54, 1.807) is 6.33 Å². The number of nitrogen functional groups attached to an aromatic ring is 1. The van der Waals surface area contributed by atoms with Gasteiger partial charge in [0, 0.05) is 18.5 Å². The molecule has 12 heavy (non-hydrogen) atoms. The Kier molecular flexibility index (Phi) is 3.47. The average molecular weight is 185 g/mol. The van der Waals surface area contributed by atoms with E-state index in [1.807, 2.05) is 22.5 Å². The fraction of sp³-hybridized carbons (Fsp3) is 0.625. The Balaban J connectivity index is 2.24. The topological polar surface area (TPSA) is 43.8 Å². The van der Waals surface area contributed by atoms with Crippen molar-refractivity contribution in [1.82, 2.24) is 9.55 Å². The van der Waals surface area contributed by atoms with E-state index in [-0.39, 0.29) is 0 Å². The highest BCUT2D eigenvalue weighted by atomic mass is 32.2. The molecule has 0 saturated carbocycles. The van der Waals surface area contributed by atoms with Gasteiger partial charge in [0.1, 0.15) is 5.82 Å². The first-order valence-electron chi connectivity index (χ1n) is 4.07. The predicted molar refractivity (Wildman–Crippen MR) is 54.2 cm³/mol. The second kappa shape index (κ2) is 4.40. The fourth-order valence-electron chi connectivity index (χ4n) is 0.893. The number of nitrogens with two attached hydrogens (primary N) is 1. The molecule has 1 aromatic rings. The van der Waals surface area contributed by atoms with Gasteiger partial charge in [-0.15, -0.1) is 0 Å². The van der Waals surface area contributed by atoms with Crippen LogP contribution in [0.3, 0.4) is 0 Å². The number of aryl methyl sites for hydroxylation is 1. The molecule has 0 bridgehead atoms. The third kappa shape index (κ3) is 3.17. The van der Waals surface area contributed by atoms with Crippen LogP contribution in [0.2, 0.25) is 0 Å². The van der Waals surface area contributed by atoms with Crippen molar-refractivity contribution >= 4 is 17.6 Å². The van der Waals surface area contributed by atoms with Crippen LogP contribution >= 0.6 is 11.8 Å². The van der Waals surface area contributed by atoms with E-state index in [0.717, 1.165) is 12.3 Å². The summed E-state index contributed by atoms with van der Waals surface area (Å²) in [7, 11) is 0. The van der Waals surface area contributed by atoms with Gasteiger partial charge in [-0.25, -0.2) is 4.98 Å². The summed E-state index contributed by atoms with van der Waals surface area (Å²) in [5.74, 6) is 1.72. The summed E-state index contributed by atoms with van der Waals surface area (Å²) in [6.07, 6.45) is 3.64. The van der Waals surface area contributed by atoms with E-state index in [1.165, 1.54) is 0 Å². The van der Waals surface area contributed by atoms with Gasteiger partial charge >= 0.3 is 0 Å². The van der Waals surface area contributed by atoms with Crippen molar-refractivity contribution in [3.8, 4) is 0 Å². The molecule has 0 aliphatic carbocycles. The van der Waals surface area contributed by atoms with Gasteiger partial charge in [-0.3, -0.25) is 0 Å². The van der Waals surface area contributed by atoms with Crippen molar-refractivity contribution in [3.63, 3.8) is 0 Å². The Bertz CT molecular complexity index is 232. The molecule has 1 aromatic heterocycles. The van der Waals surface area contributed by atoms with Crippen molar-refractivity contribution in [1.29, 1.82) is 0 Å². The van der Waals surface area contributed by atoms with Crippen LogP contribution in [0.15, 0.2) is 12.5 Å². The Morgan fingerprint density at radius 3 is 2.92 bits per heavy atom. The number of rotatable bonds is 4. The summed E-state index contributed by atoms with van der Waals surface area (Å²) in [4.78, 5) is 3.95. The highest BCUT2D eigenvalue weighted by Gasteiger charge is 1.96. The highest BCUT2D eigenvalue weighted by molar-refractivity contribution is 7.99. The van der Waals surface area contributed by atoms with Gasteiger partial charge in [0.2, 0.25) is 0 Å². The summed E-state index contributed by atoms with van der Waals surface area (Å²) < 4.78 is 2.02. The Morgan fingerprint density at radius 1 is 1.67 bits per heavy atom. The average Bonchev–Trinajstić information content (AvgIpc) is 2.35. The molecule has 68 valence electrons. The van der Waals surface area contributed by atoms with E-state index < -0.39 is 0 Å². The maximum atomic E-state index is 5.47. The lowest BCUT2D eigenvalue weighted by molar-refractivity contribution is 0.769. The zero-order chi connectivity index (χ0) is 8.97. The minimum Gasteiger partial charge on any atom is -0.382 e. The molecule has 0 fully saturated rings. The number of thioether (sulfide) groups is 1. The molecule has 4 heteroatoms. The summed E-state index contributed by atoms with van der Waals surface area (Å²) in [5, 5.41) is 0.700. The lowest BCUT2D eigenvalue weighted by Crippen LogP contribution is -1.99. The van der Waals surface area contributed by atoms with Gasteiger partial charge < -0.3 is 10.3 Å². The summed E-state index contributed by atoms with van der Waals surface area (Å²) in [6.45, 7) is 5.40. The molecule has 0 radical (unpaired) electrons. The van der Waals surface area contributed by atoms with Gasteiger partial charge in [-0.05, 0) is 5.25 Å². The number of hydrogen-bond acceptors (Lipinski definition) is 3. The second-order valence-corrected chi connectivity index (χ2v) is 4.64. The molecular weight excluding hydrogens is 170 g/mol. The third-order valence-corrected chi connectivity index (χ3v) is 2.54. The molecule has 1 heterocycles. The number of imidazole rings is 1. The van der Waals surface area contributed by atoms with Gasteiger partial charge in [0.05, 0.1) is 6.33 Å². The van der Waals surface area contributed by atoms with E-state index in [4.69, 9.17) is 5.73 Å². The van der Waals surface area contributed by atoms with E-state index in [2.05, 4.69) is 18.8 Å². The monoisotopic (exact) mass is 185 g/mol. The molecular formula is C8H15N3S. The van der Waals surface area contributed by atoms with Crippen molar-refractivity contribution in [2.24, 2.45) is 0 Å². The van der Waals surface area contributed by atoms with Gasteiger partial charge in [0.15, 0.2) is 0 Å². The van der Waals surface area contributed by atoms with Crippen LogP contribution in [-0.4, -0.2) is 20.6 Å². The molecule has 2 N–H and O–H groups in total. The summed E-state index contributed by atoms with van der Waals surface area (Å²) in [5.41, 5.74) is 5.47. The van der Waals surface area contributed by atoms with Crippen molar-refractivity contribution in [2.45, 2.75) is 25.6 Å². The minimum absolute atomic E-state index is 0.601. The molecule has 0 aromatic carbocycles. The van der Waals surface area contributed by atoms with Crippen LogP contribution in [0.25, 0.3) is 0 Å². The van der Waals surface area contributed by atoms with Gasteiger partial charge in [0.25, 0.3) is 0 Å². The van der Waals surface area contributed by atoms with E-state index >= 15 is 0 Å². The van der Waals surface area contributed by atoms with E-state index in [9.17, 15) is 0 Å². The minimum atomic E-state index is 0.601. The molecule has 0 spiro atoms. The summed E-state index contributed by atoms with van der Waals surface area (Å²) in [6, 6.07) is 0. The molecule has 3 nitrogen and oxygen atoms in total. The van der Waals surface area contributed by atoms with Crippen LogP contribution in [0, 0.1) is 0 Å². The normalized spacial score (nSPS) is 10.9. The molecule has 1 rings (SSSR count). The predicted octanol–water partition coefficient (Wildman–Crippen LogP) is 1.61. The standard InChI is InChI=1S/C8H15N3S/c1-7(2)12-4-3-11-5-8(9)10-6-11/h5-7H,3-4,9H2,1-2H3. The second-order valence-electron chi connectivity index (χ2n) is 2.96. The van der Waals surface area contributed by atoms with Crippen molar-refractivity contribution in [2.75, 3.05) is 11.5 Å². The molecule has 0 amide bonds. The smallest absolute Gasteiger partial charge is 0.141 e.